The number of nitrogens with two attached hydrogens (primary N) is 1. The molecule has 1 amide bonds. The van der Waals surface area contributed by atoms with Crippen molar-refractivity contribution in [3.63, 3.8) is 0 Å². The lowest BCUT2D eigenvalue weighted by atomic mass is 10.2. The SMILES string of the molecule is COC(CN)CC(=O)NC(C)c1nc(C)cs1. The zero-order valence-electron chi connectivity index (χ0n) is 10.4. The number of rotatable bonds is 6. The fraction of sp³-hybridized carbons (Fsp3) is 0.636. The molecule has 0 radical (unpaired) electrons. The number of nitrogens with zero attached hydrogens (tertiary/aromatic N) is 1. The molecular formula is C11H19N3O2S. The second kappa shape index (κ2) is 6.68. The molecule has 0 aromatic carbocycles. The van der Waals surface area contributed by atoms with Gasteiger partial charge in [-0.1, -0.05) is 0 Å². The Balaban J connectivity index is 2.45. The average Bonchev–Trinajstić information content (AvgIpc) is 2.72. The fourth-order valence-corrected chi connectivity index (χ4v) is 2.21. The summed E-state index contributed by atoms with van der Waals surface area (Å²) < 4.78 is 5.06. The summed E-state index contributed by atoms with van der Waals surface area (Å²) in [5.74, 6) is -0.0670. The third-order valence-electron chi connectivity index (χ3n) is 2.39. The van der Waals surface area contributed by atoms with Gasteiger partial charge < -0.3 is 15.8 Å². The van der Waals surface area contributed by atoms with Crippen LogP contribution in [0.1, 0.15) is 30.1 Å². The third-order valence-corrected chi connectivity index (χ3v) is 3.54. The molecule has 6 heteroatoms. The number of carbonyl (C=O) groups excluding carboxylic acids is 1. The highest BCUT2D eigenvalue weighted by molar-refractivity contribution is 7.09. The Morgan fingerprint density at radius 3 is 2.88 bits per heavy atom. The van der Waals surface area contributed by atoms with E-state index in [1.807, 2.05) is 19.2 Å². The molecule has 0 bridgehead atoms. The summed E-state index contributed by atoms with van der Waals surface area (Å²) in [6, 6.07) is -0.0727. The molecule has 1 rings (SSSR count). The van der Waals surface area contributed by atoms with Crippen molar-refractivity contribution in [2.45, 2.75) is 32.4 Å². The Labute approximate surface area is 105 Å². The lowest BCUT2D eigenvalue weighted by Gasteiger charge is -2.15. The quantitative estimate of drug-likeness (QED) is 0.797. The summed E-state index contributed by atoms with van der Waals surface area (Å²) in [5.41, 5.74) is 6.44. The van der Waals surface area contributed by atoms with E-state index in [4.69, 9.17) is 10.5 Å². The molecule has 0 saturated carbocycles. The monoisotopic (exact) mass is 257 g/mol. The van der Waals surface area contributed by atoms with E-state index in [-0.39, 0.29) is 24.5 Å². The summed E-state index contributed by atoms with van der Waals surface area (Å²) in [6.45, 7) is 4.19. The highest BCUT2D eigenvalue weighted by Crippen LogP contribution is 2.17. The predicted octanol–water partition coefficient (Wildman–Crippen LogP) is 0.993. The summed E-state index contributed by atoms with van der Waals surface area (Å²) >= 11 is 1.55. The van der Waals surface area contributed by atoms with Crippen LogP contribution in [-0.4, -0.2) is 30.6 Å². The molecule has 2 unspecified atom stereocenters. The summed E-state index contributed by atoms with van der Waals surface area (Å²) in [6.07, 6.45) is 0.0575. The van der Waals surface area contributed by atoms with E-state index < -0.39 is 0 Å². The second-order valence-corrected chi connectivity index (χ2v) is 4.80. The number of hydrogen-bond acceptors (Lipinski definition) is 5. The molecule has 1 aromatic heterocycles. The van der Waals surface area contributed by atoms with Crippen molar-refractivity contribution in [1.82, 2.24) is 10.3 Å². The first-order valence-corrected chi connectivity index (χ1v) is 6.39. The lowest BCUT2D eigenvalue weighted by Crippen LogP contribution is -2.33. The topological polar surface area (TPSA) is 77.2 Å². The van der Waals surface area contributed by atoms with Crippen molar-refractivity contribution < 1.29 is 9.53 Å². The normalized spacial score (nSPS) is 14.4. The van der Waals surface area contributed by atoms with E-state index in [1.54, 1.807) is 18.4 Å². The Kier molecular flexibility index (Phi) is 5.54. The Hall–Kier alpha value is -0.980. The van der Waals surface area contributed by atoms with Crippen molar-refractivity contribution in [1.29, 1.82) is 0 Å². The molecule has 0 saturated heterocycles. The van der Waals surface area contributed by atoms with Gasteiger partial charge in [-0.3, -0.25) is 4.79 Å². The number of thiazole rings is 1. The molecule has 0 aliphatic heterocycles. The molecule has 0 fully saturated rings. The number of aromatic nitrogens is 1. The van der Waals surface area contributed by atoms with Gasteiger partial charge in [0.25, 0.3) is 0 Å². The predicted molar refractivity (Wildman–Crippen MR) is 67.9 cm³/mol. The van der Waals surface area contributed by atoms with E-state index in [0.29, 0.717) is 6.54 Å². The molecular weight excluding hydrogens is 238 g/mol. The van der Waals surface area contributed by atoms with Gasteiger partial charge in [0.05, 0.1) is 18.6 Å². The molecule has 0 aliphatic carbocycles. The van der Waals surface area contributed by atoms with Gasteiger partial charge in [-0.05, 0) is 13.8 Å². The zero-order chi connectivity index (χ0) is 12.8. The lowest BCUT2D eigenvalue weighted by molar-refractivity contribution is -0.124. The van der Waals surface area contributed by atoms with Crippen LogP contribution in [-0.2, 0) is 9.53 Å². The van der Waals surface area contributed by atoms with E-state index in [0.717, 1.165) is 10.7 Å². The first kappa shape index (κ1) is 14.1. The molecule has 0 spiro atoms. The molecule has 0 aliphatic rings. The number of hydrogen-bond donors (Lipinski definition) is 2. The maximum atomic E-state index is 11.7. The Bertz CT molecular complexity index is 363. The molecule has 2 atom stereocenters. The number of amides is 1. The van der Waals surface area contributed by atoms with Gasteiger partial charge in [-0.15, -0.1) is 11.3 Å². The maximum Gasteiger partial charge on any atom is 0.223 e. The minimum absolute atomic E-state index is 0.0670. The molecule has 5 nitrogen and oxygen atoms in total. The van der Waals surface area contributed by atoms with Crippen LogP contribution >= 0.6 is 11.3 Å². The van der Waals surface area contributed by atoms with Gasteiger partial charge in [0, 0.05) is 24.7 Å². The summed E-state index contributed by atoms with van der Waals surface area (Å²) in [4.78, 5) is 16.0. The Morgan fingerprint density at radius 2 is 2.41 bits per heavy atom. The van der Waals surface area contributed by atoms with Crippen LogP contribution in [0, 0.1) is 6.92 Å². The number of nitrogens with one attached hydrogen (secondary N) is 1. The van der Waals surface area contributed by atoms with E-state index >= 15 is 0 Å². The van der Waals surface area contributed by atoms with Crippen LogP contribution in [0.4, 0.5) is 0 Å². The second-order valence-electron chi connectivity index (χ2n) is 3.91. The van der Waals surface area contributed by atoms with Gasteiger partial charge >= 0.3 is 0 Å². The van der Waals surface area contributed by atoms with Crippen molar-refractivity contribution in [3.8, 4) is 0 Å². The molecule has 1 aromatic rings. The van der Waals surface area contributed by atoms with Crippen molar-refractivity contribution >= 4 is 17.2 Å². The molecule has 3 N–H and O–H groups in total. The van der Waals surface area contributed by atoms with Gasteiger partial charge in [-0.25, -0.2) is 4.98 Å². The largest absolute Gasteiger partial charge is 0.380 e. The first-order valence-electron chi connectivity index (χ1n) is 5.51. The van der Waals surface area contributed by atoms with Crippen molar-refractivity contribution in [3.05, 3.63) is 16.1 Å². The van der Waals surface area contributed by atoms with E-state index in [2.05, 4.69) is 10.3 Å². The standard InChI is InChI=1S/C11H19N3O2S/c1-7-6-17-11(13-7)8(2)14-10(15)4-9(5-12)16-3/h6,8-9H,4-5,12H2,1-3H3,(H,14,15). The van der Waals surface area contributed by atoms with Crippen LogP contribution < -0.4 is 11.1 Å². The zero-order valence-corrected chi connectivity index (χ0v) is 11.2. The summed E-state index contributed by atoms with van der Waals surface area (Å²) in [5, 5.41) is 5.76. The number of methoxy groups -OCH3 is 1. The van der Waals surface area contributed by atoms with Crippen LogP contribution in [0.2, 0.25) is 0 Å². The average molecular weight is 257 g/mol. The maximum absolute atomic E-state index is 11.7. The highest BCUT2D eigenvalue weighted by Gasteiger charge is 2.16. The fourth-order valence-electron chi connectivity index (χ4n) is 1.40. The molecule has 96 valence electrons. The minimum atomic E-state index is -0.222. The van der Waals surface area contributed by atoms with Gasteiger partial charge in [0.15, 0.2) is 0 Å². The highest BCUT2D eigenvalue weighted by atomic mass is 32.1. The Morgan fingerprint density at radius 1 is 1.71 bits per heavy atom. The van der Waals surface area contributed by atoms with E-state index in [1.165, 1.54) is 0 Å². The van der Waals surface area contributed by atoms with Crippen LogP contribution in [0.5, 0.6) is 0 Å². The van der Waals surface area contributed by atoms with Gasteiger partial charge in [0.1, 0.15) is 5.01 Å². The molecule has 17 heavy (non-hydrogen) atoms. The van der Waals surface area contributed by atoms with Gasteiger partial charge in [0.2, 0.25) is 5.91 Å². The van der Waals surface area contributed by atoms with Crippen molar-refractivity contribution in [2.75, 3.05) is 13.7 Å². The molecule has 1 heterocycles. The van der Waals surface area contributed by atoms with E-state index in [9.17, 15) is 4.79 Å². The van der Waals surface area contributed by atoms with Crippen LogP contribution in [0.25, 0.3) is 0 Å². The number of carbonyl (C=O) groups is 1. The minimum Gasteiger partial charge on any atom is -0.380 e. The number of ether oxygens (including phenoxy) is 1. The van der Waals surface area contributed by atoms with Crippen LogP contribution in [0.3, 0.4) is 0 Å². The smallest absolute Gasteiger partial charge is 0.223 e. The van der Waals surface area contributed by atoms with Crippen LogP contribution in [0.15, 0.2) is 5.38 Å². The van der Waals surface area contributed by atoms with Crippen molar-refractivity contribution in [2.24, 2.45) is 5.73 Å². The number of aryl methyl sites for hydroxylation is 1. The third kappa shape index (κ3) is 4.41. The summed E-state index contributed by atoms with van der Waals surface area (Å²) in [7, 11) is 1.55. The van der Waals surface area contributed by atoms with Gasteiger partial charge in [-0.2, -0.15) is 0 Å². The first-order chi connectivity index (χ1) is 8.06.